The number of benzene rings is 1. The van der Waals surface area contributed by atoms with Crippen LogP contribution < -0.4 is 10.6 Å². The lowest BCUT2D eigenvalue weighted by Gasteiger charge is -2.25. The lowest BCUT2D eigenvalue weighted by molar-refractivity contribution is 0.480. The Morgan fingerprint density at radius 2 is 2.37 bits per heavy atom. The van der Waals surface area contributed by atoms with Crippen molar-refractivity contribution in [1.29, 1.82) is 0 Å². The lowest BCUT2D eigenvalue weighted by atomic mass is 10.1. The minimum absolute atomic E-state index is 0.550. The van der Waals surface area contributed by atoms with Gasteiger partial charge >= 0.3 is 0 Å². The highest BCUT2D eigenvalue weighted by Gasteiger charge is 2.12. The normalized spacial score (nSPS) is 19.3. The maximum Gasteiger partial charge on any atom is 0.0660 e. The first-order chi connectivity index (χ1) is 9.40. The number of nitrogens with one attached hydrogen (secondary N) is 2. The molecule has 0 amide bonds. The summed E-state index contributed by atoms with van der Waals surface area (Å²) in [6.07, 6.45) is 6.31. The summed E-state index contributed by atoms with van der Waals surface area (Å²) in [6.45, 7) is 3.03. The predicted octanol–water partition coefficient (Wildman–Crippen LogP) is 2.10. The van der Waals surface area contributed by atoms with E-state index < -0.39 is 0 Å². The van der Waals surface area contributed by atoms with Crippen LogP contribution in [0.5, 0.6) is 0 Å². The minimum Gasteiger partial charge on any atom is -0.381 e. The summed E-state index contributed by atoms with van der Waals surface area (Å²) in [7, 11) is 0. The van der Waals surface area contributed by atoms with Crippen LogP contribution in [0, 0.1) is 0 Å². The number of aromatic nitrogens is 2. The van der Waals surface area contributed by atoms with E-state index in [-0.39, 0.29) is 0 Å². The van der Waals surface area contributed by atoms with Gasteiger partial charge in [0.25, 0.3) is 0 Å². The van der Waals surface area contributed by atoms with E-state index in [4.69, 9.17) is 0 Å². The Morgan fingerprint density at radius 1 is 1.37 bits per heavy atom. The van der Waals surface area contributed by atoms with Gasteiger partial charge in [-0.1, -0.05) is 12.1 Å². The largest absolute Gasteiger partial charge is 0.381 e. The van der Waals surface area contributed by atoms with E-state index >= 15 is 0 Å². The molecule has 2 aromatic rings. The average molecular weight is 256 g/mol. The Labute approximate surface area is 113 Å². The van der Waals surface area contributed by atoms with Crippen molar-refractivity contribution in [2.75, 3.05) is 18.4 Å². The third-order valence-electron chi connectivity index (χ3n) is 3.50. The van der Waals surface area contributed by atoms with Gasteiger partial charge in [-0.15, -0.1) is 0 Å². The second-order valence-corrected chi connectivity index (χ2v) is 5.09. The van der Waals surface area contributed by atoms with Crippen molar-refractivity contribution < 1.29 is 0 Å². The third-order valence-corrected chi connectivity index (χ3v) is 3.50. The Balaban J connectivity index is 1.65. The molecule has 1 aromatic heterocycles. The van der Waals surface area contributed by atoms with Gasteiger partial charge in [-0.25, -0.2) is 0 Å². The fourth-order valence-electron chi connectivity index (χ4n) is 2.55. The van der Waals surface area contributed by atoms with Crippen LogP contribution in [0.1, 0.15) is 18.4 Å². The van der Waals surface area contributed by atoms with Gasteiger partial charge in [0, 0.05) is 30.7 Å². The Morgan fingerprint density at radius 3 is 3.16 bits per heavy atom. The zero-order valence-electron chi connectivity index (χ0n) is 11.0. The number of hydrogen-bond donors (Lipinski definition) is 2. The van der Waals surface area contributed by atoms with Crippen molar-refractivity contribution in [2.24, 2.45) is 0 Å². The van der Waals surface area contributed by atoms with Crippen LogP contribution in [-0.4, -0.2) is 28.9 Å². The molecular formula is C15H20N4. The van der Waals surface area contributed by atoms with Gasteiger partial charge in [-0.3, -0.25) is 4.68 Å². The SMILES string of the molecule is c1cc(Cn2cccn2)cc(NC2CCCNC2)c1. The van der Waals surface area contributed by atoms with Crippen molar-refractivity contribution in [3.8, 4) is 0 Å². The molecule has 1 unspecified atom stereocenters. The quantitative estimate of drug-likeness (QED) is 0.880. The van der Waals surface area contributed by atoms with Crippen molar-refractivity contribution in [2.45, 2.75) is 25.4 Å². The van der Waals surface area contributed by atoms with Crippen LogP contribution in [0.15, 0.2) is 42.7 Å². The summed E-state index contributed by atoms with van der Waals surface area (Å²) in [4.78, 5) is 0. The Bertz CT molecular complexity index is 501. The van der Waals surface area contributed by atoms with E-state index in [1.165, 1.54) is 24.1 Å². The summed E-state index contributed by atoms with van der Waals surface area (Å²) >= 11 is 0. The number of nitrogens with zero attached hydrogens (tertiary/aromatic N) is 2. The van der Waals surface area contributed by atoms with Crippen molar-refractivity contribution in [3.63, 3.8) is 0 Å². The molecule has 2 heterocycles. The summed E-state index contributed by atoms with van der Waals surface area (Å²) in [5.74, 6) is 0. The fourth-order valence-corrected chi connectivity index (χ4v) is 2.55. The van der Waals surface area contributed by atoms with E-state index in [1.807, 2.05) is 23.1 Å². The fraction of sp³-hybridized carbons (Fsp3) is 0.400. The Kier molecular flexibility index (Phi) is 3.79. The highest BCUT2D eigenvalue weighted by molar-refractivity contribution is 5.46. The second kappa shape index (κ2) is 5.89. The van der Waals surface area contributed by atoms with E-state index in [9.17, 15) is 0 Å². The first-order valence-electron chi connectivity index (χ1n) is 6.94. The molecule has 2 N–H and O–H groups in total. The molecule has 1 atom stereocenters. The van der Waals surface area contributed by atoms with Gasteiger partial charge in [0.2, 0.25) is 0 Å². The molecule has 4 nitrogen and oxygen atoms in total. The van der Waals surface area contributed by atoms with Gasteiger partial charge in [-0.05, 0) is 43.1 Å². The van der Waals surface area contributed by atoms with Crippen molar-refractivity contribution in [1.82, 2.24) is 15.1 Å². The van der Waals surface area contributed by atoms with E-state index in [0.29, 0.717) is 6.04 Å². The molecule has 4 heteroatoms. The maximum atomic E-state index is 4.24. The summed E-state index contributed by atoms with van der Waals surface area (Å²) in [5, 5.41) is 11.3. The van der Waals surface area contributed by atoms with Crippen molar-refractivity contribution >= 4 is 5.69 Å². The van der Waals surface area contributed by atoms with Gasteiger partial charge in [0.1, 0.15) is 0 Å². The third kappa shape index (κ3) is 3.35. The number of rotatable bonds is 4. The van der Waals surface area contributed by atoms with Gasteiger partial charge in [0.05, 0.1) is 6.54 Å². The molecule has 1 aromatic carbocycles. The molecule has 1 fully saturated rings. The summed E-state index contributed by atoms with van der Waals surface area (Å²) < 4.78 is 1.95. The van der Waals surface area contributed by atoms with E-state index in [2.05, 4.69) is 40.0 Å². The topological polar surface area (TPSA) is 41.9 Å². The van der Waals surface area contributed by atoms with Gasteiger partial charge in [0.15, 0.2) is 0 Å². The molecule has 0 radical (unpaired) electrons. The number of hydrogen-bond acceptors (Lipinski definition) is 3. The van der Waals surface area contributed by atoms with Crippen LogP contribution in [-0.2, 0) is 6.54 Å². The monoisotopic (exact) mass is 256 g/mol. The molecule has 100 valence electrons. The second-order valence-electron chi connectivity index (χ2n) is 5.09. The highest BCUT2D eigenvalue weighted by atomic mass is 15.3. The molecule has 1 aliphatic heterocycles. The van der Waals surface area contributed by atoms with Gasteiger partial charge < -0.3 is 10.6 Å². The maximum absolute atomic E-state index is 4.24. The average Bonchev–Trinajstić information content (AvgIpc) is 2.93. The zero-order valence-corrected chi connectivity index (χ0v) is 11.0. The standard InChI is InChI=1S/C15H20N4/c1-4-13(12-19-9-3-8-17-19)10-14(5-1)18-15-6-2-7-16-11-15/h1,3-5,8-10,15-16,18H,2,6-7,11-12H2. The smallest absolute Gasteiger partial charge is 0.0660 e. The van der Waals surface area contributed by atoms with Gasteiger partial charge in [-0.2, -0.15) is 5.10 Å². The number of anilines is 1. The van der Waals surface area contributed by atoms with Crippen LogP contribution in [0.2, 0.25) is 0 Å². The molecule has 1 saturated heterocycles. The molecule has 0 aliphatic carbocycles. The predicted molar refractivity (Wildman–Crippen MR) is 77.3 cm³/mol. The summed E-state index contributed by atoms with van der Waals surface area (Å²) in [6, 6.07) is 11.1. The first kappa shape index (κ1) is 12.2. The zero-order chi connectivity index (χ0) is 12.9. The molecule has 0 bridgehead atoms. The highest BCUT2D eigenvalue weighted by Crippen LogP contribution is 2.15. The van der Waals surface area contributed by atoms with E-state index in [0.717, 1.165) is 19.6 Å². The minimum atomic E-state index is 0.550. The van der Waals surface area contributed by atoms with Crippen LogP contribution in [0.25, 0.3) is 0 Å². The molecule has 19 heavy (non-hydrogen) atoms. The summed E-state index contributed by atoms with van der Waals surface area (Å²) in [5.41, 5.74) is 2.48. The van der Waals surface area contributed by atoms with E-state index in [1.54, 1.807) is 0 Å². The van der Waals surface area contributed by atoms with Crippen molar-refractivity contribution in [3.05, 3.63) is 48.3 Å². The lowest BCUT2D eigenvalue weighted by Crippen LogP contribution is -2.38. The molecule has 3 rings (SSSR count). The molecular weight excluding hydrogens is 236 g/mol. The Hall–Kier alpha value is -1.81. The molecule has 0 saturated carbocycles. The van der Waals surface area contributed by atoms with Crippen LogP contribution in [0.3, 0.4) is 0 Å². The van der Waals surface area contributed by atoms with Crippen LogP contribution in [0.4, 0.5) is 5.69 Å². The molecule has 0 spiro atoms. The first-order valence-corrected chi connectivity index (χ1v) is 6.94. The van der Waals surface area contributed by atoms with Crippen LogP contribution >= 0.6 is 0 Å². The molecule has 1 aliphatic rings. The number of piperidine rings is 1.